The Labute approximate surface area is 165 Å². The van der Waals surface area contributed by atoms with Crippen molar-refractivity contribution in [2.75, 3.05) is 11.5 Å². The lowest BCUT2D eigenvalue weighted by Gasteiger charge is -2.30. The van der Waals surface area contributed by atoms with Gasteiger partial charge in [-0.1, -0.05) is 36.0 Å². The van der Waals surface area contributed by atoms with Crippen LogP contribution in [0.4, 0.5) is 11.4 Å². The number of esters is 1. The zero-order valence-corrected chi connectivity index (χ0v) is 15.8. The molecule has 1 aliphatic rings. The molecule has 0 unspecified atom stereocenters. The Morgan fingerprint density at radius 1 is 1.00 bits per heavy atom. The number of carbonyl (C=O) groups is 3. The van der Waals surface area contributed by atoms with Crippen LogP contribution in [-0.2, 0) is 9.53 Å². The van der Waals surface area contributed by atoms with Crippen LogP contribution in [0.2, 0.25) is 0 Å². The molecule has 0 saturated carbocycles. The summed E-state index contributed by atoms with van der Waals surface area (Å²) in [5.41, 5.74) is 2.03. The molecule has 0 bridgehead atoms. The fraction of sp³-hybridized carbons (Fsp3) is 0.0952. The van der Waals surface area contributed by atoms with Crippen LogP contribution in [0, 0.1) is 0 Å². The van der Waals surface area contributed by atoms with E-state index in [-0.39, 0.29) is 17.4 Å². The molecule has 4 rings (SSSR count). The first kappa shape index (κ1) is 18.1. The van der Waals surface area contributed by atoms with Crippen LogP contribution in [0.3, 0.4) is 0 Å². The van der Waals surface area contributed by atoms with Gasteiger partial charge in [0, 0.05) is 21.6 Å². The standard InChI is InChI=1S/C21H16N2O4S/c1-13(24)14-10-15(22-11-14)21(26)27-12-20(25)23-16-6-2-4-8-18(16)28-19-9-5-3-7-17(19)23/h2-11,22H,12H2,1H3. The maximum atomic E-state index is 12.9. The van der Waals surface area contributed by atoms with Gasteiger partial charge in [-0.3, -0.25) is 14.5 Å². The zero-order valence-electron chi connectivity index (χ0n) is 15.0. The maximum absolute atomic E-state index is 12.9. The van der Waals surface area contributed by atoms with Gasteiger partial charge in [-0.25, -0.2) is 4.79 Å². The molecule has 0 radical (unpaired) electrons. The lowest BCUT2D eigenvalue weighted by atomic mass is 10.2. The largest absolute Gasteiger partial charge is 0.451 e. The summed E-state index contributed by atoms with van der Waals surface area (Å²) < 4.78 is 5.19. The third kappa shape index (κ3) is 3.32. The number of H-pyrrole nitrogens is 1. The first-order valence-electron chi connectivity index (χ1n) is 8.60. The van der Waals surface area contributed by atoms with E-state index in [0.717, 1.165) is 21.2 Å². The second-order valence-corrected chi connectivity index (χ2v) is 7.28. The number of benzene rings is 2. The van der Waals surface area contributed by atoms with Gasteiger partial charge in [0.1, 0.15) is 5.69 Å². The van der Waals surface area contributed by atoms with Crippen LogP contribution < -0.4 is 4.90 Å². The Hall–Kier alpha value is -3.32. The highest BCUT2D eigenvalue weighted by atomic mass is 32.2. The molecular weight excluding hydrogens is 376 g/mol. The predicted molar refractivity (Wildman–Crippen MR) is 105 cm³/mol. The highest BCUT2D eigenvalue weighted by Crippen LogP contribution is 2.47. The number of fused-ring (bicyclic) bond motifs is 2. The minimum absolute atomic E-state index is 0.132. The Kier molecular flexibility index (Phi) is 4.75. The molecule has 2 heterocycles. The topological polar surface area (TPSA) is 79.5 Å². The number of hydrogen-bond donors (Lipinski definition) is 1. The van der Waals surface area contributed by atoms with E-state index >= 15 is 0 Å². The number of carbonyl (C=O) groups excluding carboxylic acids is 3. The first-order chi connectivity index (χ1) is 13.5. The van der Waals surface area contributed by atoms with Gasteiger partial charge < -0.3 is 9.72 Å². The SMILES string of the molecule is CC(=O)c1c[nH]c(C(=O)OCC(=O)N2c3ccccc3Sc3ccccc32)c1. The van der Waals surface area contributed by atoms with Crippen LogP contribution in [0.25, 0.3) is 0 Å². The monoisotopic (exact) mass is 392 g/mol. The van der Waals surface area contributed by atoms with Gasteiger partial charge in [0.05, 0.1) is 11.4 Å². The molecule has 1 N–H and O–H groups in total. The Morgan fingerprint density at radius 2 is 1.61 bits per heavy atom. The average molecular weight is 392 g/mol. The molecule has 140 valence electrons. The molecule has 6 nitrogen and oxygen atoms in total. The fourth-order valence-corrected chi connectivity index (χ4v) is 4.02. The summed E-state index contributed by atoms with van der Waals surface area (Å²) in [6.07, 6.45) is 1.44. The van der Waals surface area contributed by atoms with Crippen molar-refractivity contribution in [2.45, 2.75) is 16.7 Å². The number of ketones is 1. The predicted octanol–water partition coefficient (Wildman–Crippen LogP) is 4.20. The van der Waals surface area contributed by atoms with Crippen LogP contribution in [0.5, 0.6) is 0 Å². The van der Waals surface area contributed by atoms with Crippen molar-refractivity contribution < 1.29 is 19.1 Å². The number of Topliss-reactive ketones (excluding diaryl/α,β-unsaturated/α-hetero) is 1. The average Bonchev–Trinajstić information content (AvgIpc) is 3.20. The molecule has 7 heteroatoms. The van der Waals surface area contributed by atoms with Crippen molar-refractivity contribution in [3.63, 3.8) is 0 Å². The molecule has 28 heavy (non-hydrogen) atoms. The van der Waals surface area contributed by atoms with Crippen molar-refractivity contribution in [1.29, 1.82) is 0 Å². The molecule has 1 aliphatic heterocycles. The van der Waals surface area contributed by atoms with E-state index in [1.165, 1.54) is 19.2 Å². The van der Waals surface area contributed by atoms with E-state index in [4.69, 9.17) is 4.74 Å². The van der Waals surface area contributed by atoms with Gasteiger partial charge in [-0.05, 0) is 37.3 Å². The molecule has 2 aromatic carbocycles. The second-order valence-electron chi connectivity index (χ2n) is 6.20. The summed E-state index contributed by atoms with van der Waals surface area (Å²) >= 11 is 1.59. The molecule has 0 fully saturated rings. The van der Waals surface area contributed by atoms with Gasteiger partial charge in [-0.2, -0.15) is 0 Å². The molecule has 0 atom stereocenters. The van der Waals surface area contributed by atoms with Gasteiger partial charge in [0.25, 0.3) is 5.91 Å². The summed E-state index contributed by atoms with van der Waals surface area (Å²) in [5, 5.41) is 0. The normalized spacial score (nSPS) is 12.1. The van der Waals surface area contributed by atoms with Crippen LogP contribution in [0.1, 0.15) is 27.8 Å². The van der Waals surface area contributed by atoms with Crippen LogP contribution in [-0.4, -0.2) is 29.3 Å². The van der Waals surface area contributed by atoms with Crippen molar-refractivity contribution >= 4 is 40.8 Å². The lowest BCUT2D eigenvalue weighted by Crippen LogP contribution is -2.32. The molecule has 3 aromatic rings. The van der Waals surface area contributed by atoms with E-state index in [1.54, 1.807) is 16.7 Å². The third-order valence-corrected chi connectivity index (χ3v) is 5.45. The van der Waals surface area contributed by atoms with Crippen LogP contribution >= 0.6 is 11.8 Å². The molecule has 1 aromatic heterocycles. The minimum atomic E-state index is -0.686. The number of aromatic nitrogens is 1. The van der Waals surface area contributed by atoms with Gasteiger partial charge >= 0.3 is 5.97 Å². The van der Waals surface area contributed by atoms with Crippen molar-refractivity contribution in [2.24, 2.45) is 0 Å². The molecule has 0 saturated heterocycles. The number of nitrogens with one attached hydrogen (secondary N) is 1. The summed E-state index contributed by atoms with van der Waals surface area (Å²) in [6.45, 7) is 0.992. The Balaban J connectivity index is 1.55. The van der Waals surface area contributed by atoms with E-state index in [0.29, 0.717) is 5.56 Å². The van der Waals surface area contributed by atoms with Gasteiger partial charge in [-0.15, -0.1) is 0 Å². The number of nitrogens with zero attached hydrogens (tertiary/aromatic N) is 1. The van der Waals surface area contributed by atoms with Gasteiger partial charge in [0.15, 0.2) is 12.4 Å². The maximum Gasteiger partial charge on any atom is 0.355 e. The number of hydrogen-bond acceptors (Lipinski definition) is 5. The van der Waals surface area contributed by atoms with E-state index < -0.39 is 12.6 Å². The third-order valence-electron chi connectivity index (χ3n) is 4.32. The highest BCUT2D eigenvalue weighted by Gasteiger charge is 2.28. The molecular formula is C21H16N2O4S. The summed E-state index contributed by atoms with van der Waals surface area (Å²) in [6, 6.07) is 16.6. The number of amides is 1. The smallest absolute Gasteiger partial charge is 0.355 e. The molecule has 0 spiro atoms. The van der Waals surface area contributed by atoms with Crippen molar-refractivity contribution in [3.05, 3.63) is 72.1 Å². The summed E-state index contributed by atoms with van der Waals surface area (Å²) in [5.74, 6) is -1.20. The molecule has 0 aliphatic carbocycles. The van der Waals surface area contributed by atoms with Crippen molar-refractivity contribution in [1.82, 2.24) is 4.98 Å². The number of para-hydroxylation sites is 2. The first-order valence-corrected chi connectivity index (χ1v) is 9.41. The van der Waals surface area contributed by atoms with E-state index in [2.05, 4.69) is 4.98 Å². The van der Waals surface area contributed by atoms with Gasteiger partial charge in [0.2, 0.25) is 0 Å². The lowest BCUT2D eigenvalue weighted by molar-refractivity contribution is -0.121. The highest BCUT2D eigenvalue weighted by molar-refractivity contribution is 7.99. The number of anilines is 2. The second kappa shape index (κ2) is 7.36. The Morgan fingerprint density at radius 3 is 2.18 bits per heavy atom. The summed E-state index contributed by atoms with van der Waals surface area (Å²) in [7, 11) is 0. The number of rotatable bonds is 4. The van der Waals surface area contributed by atoms with E-state index in [1.807, 2.05) is 48.5 Å². The number of ether oxygens (including phenoxy) is 1. The van der Waals surface area contributed by atoms with E-state index in [9.17, 15) is 14.4 Å². The Bertz CT molecular complexity index is 1040. The zero-order chi connectivity index (χ0) is 19.7. The van der Waals surface area contributed by atoms with Crippen LogP contribution in [0.15, 0.2) is 70.6 Å². The fourth-order valence-electron chi connectivity index (χ4n) is 2.96. The quantitative estimate of drug-likeness (QED) is 0.532. The number of aromatic amines is 1. The minimum Gasteiger partial charge on any atom is -0.451 e. The van der Waals surface area contributed by atoms with Crippen molar-refractivity contribution in [3.8, 4) is 0 Å². The molecule has 1 amide bonds. The summed E-state index contributed by atoms with van der Waals surface area (Å²) in [4.78, 5) is 42.7.